The summed E-state index contributed by atoms with van der Waals surface area (Å²) < 4.78 is 11.1. The minimum atomic E-state index is -0.673. The van der Waals surface area contributed by atoms with Crippen molar-refractivity contribution < 1.29 is 14.3 Å². The summed E-state index contributed by atoms with van der Waals surface area (Å²) in [6, 6.07) is 4.26. The Morgan fingerprint density at radius 1 is 1.27 bits per heavy atom. The highest BCUT2D eigenvalue weighted by Crippen LogP contribution is 2.28. The van der Waals surface area contributed by atoms with Gasteiger partial charge in [0.1, 0.15) is 11.5 Å². The molecule has 5 nitrogen and oxygen atoms in total. The quantitative estimate of drug-likeness (QED) is 0.769. The third-order valence-corrected chi connectivity index (χ3v) is 2.22. The van der Waals surface area contributed by atoms with E-state index in [9.17, 15) is 4.79 Å². The molecule has 0 aliphatic rings. The van der Waals surface area contributed by atoms with Crippen LogP contribution in [0.25, 0.3) is 0 Å². The summed E-state index contributed by atoms with van der Waals surface area (Å²) in [7, 11) is 3.04. The Balaban J connectivity index is 3.11. The van der Waals surface area contributed by atoms with Crippen LogP contribution in [0.4, 0.5) is 10.5 Å². The largest absolute Gasteiger partial charge is 0.497 e. The molecule has 82 valence electrons. The van der Waals surface area contributed by atoms with Crippen molar-refractivity contribution >= 4 is 24.5 Å². The highest BCUT2D eigenvalue weighted by Gasteiger charge is 2.10. The number of anilines is 1. The predicted octanol–water partition coefficient (Wildman–Crippen LogP) is 1.43. The van der Waals surface area contributed by atoms with Crippen molar-refractivity contribution in [1.82, 2.24) is 0 Å². The third-order valence-electron chi connectivity index (χ3n) is 1.79. The molecule has 1 aromatic rings. The van der Waals surface area contributed by atoms with E-state index in [4.69, 9.17) is 15.2 Å². The zero-order chi connectivity index (χ0) is 11.4. The van der Waals surface area contributed by atoms with Crippen LogP contribution in [0.5, 0.6) is 11.5 Å². The summed E-state index contributed by atoms with van der Waals surface area (Å²) in [5.74, 6) is 1.12. The maximum absolute atomic E-state index is 10.9. The molecule has 15 heavy (non-hydrogen) atoms. The smallest absolute Gasteiger partial charge is 0.329 e. The number of carbonyl (C=O) groups excluding carboxylic acids is 1. The van der Waals surface area contributed by atoms with Gasteiger partial charge in [-0.05, 0) is 0 Å². The lowest BCUT2D eigenvalue weighted by Gasteiger charge is -2.14. The second-order valence-corrected chi connectivity index (χ2v) is 3.12. The maximum atomic E-state index is 10.9. The molecule has 1 aromatic carbocycles. The minimum Gasteiger partial charge on any atom is -0.497 e. The fraction of sp³-hybridized carbons (Fsp3) is 0.222. The Kier molecular flexibility index (Phi) is 3.68. The van der Waals surface area contributed by atoms with Gasteiger partial charge in [-0.25, -0.2) is 9.10 Å². The van der Waals surface area contributed by atoms with Crippen LogP contribution >= 0.6 is 12.8 Å². The number of thiol groups is 1. The molecule has 0 fully saturated rings. The van der Waals surface area contributed by atoms with Crippen LogP contribution in [0, 0.1) is 0 Å². The Labute approximate surface area is 93.3 Å². The number of hydrogen-bond acceptors (Lipinski definition) is 4. The molecule has 0 radical (unpaired) electrons. The molecule has 0 saturated carbocycles. The molecule has 0 bridgehead atoms. The van der Waals surface area contributed by atoms with Crippen molar-refractivity contribution in [3.8, 4) is 11.5 Å². The number of benzene rings is 1. The van der Waals surface area contributed by atoms with Gasteiger partial charge in [0, 0.05) is 18.2 Å². The zero-order valence-electron chi connectivity index (χ0n) is 8.43. The first-order chi connectivity index (χ1) is 7.08. The van der Waals surface area contributed by atoms with E-state index in [2.05, 4.69) is 12.8 Å². The van der Waals surface area contributed by atoms with E-state index < -0.39 is 6.03 Å². The first kappa shape index (κ1) is 11.5. The number of methoxy groups -OCH3 is 2. The number of amides is 2. The standard InChI is InChI=1S/C9H12N2O3S/c1-13-7-3-6(11(15)9(10)12)4-8(5-7)14-2/h3-5,15H,1-2H3,(H2,10,12). The normalized spacial score (nSPS) is 9.53. The summed E-state index contributed by atoms with van der Waals surface area (Å²) in [5.41, 5.74) is 5.57. The molecule has 2 N–H and O–H groups in total. The van der Waals surface area contributed by atoms with Crippen LogP contribution in [0.3, 0.4) is 0 Å². The fourth-order valence-electron chi connectivity index (χ4n) is 1.04. The summed E-state index contributed by atoms with van der Waals surface area (Å²) in [5, 5.41) is 0. The number of nitrogens with two attached hydrogens (primary N) is 1. The van der Waals surface area contributed by atoms with Crippen LogP contribution in [-0.2, 0) is 0 Å². The van der Waals surface area contributed by atoms with Gasteiger partial charge in [0.15, 0.2) is 0 Å². The molecule has 0 atom stereocenters. The van der Waals surface area contributed by atoms with Crippen molar-refractivity contribution in [1.29, 1.82) is 0 Å². The average Bonchev–Trinajstić information content (AvgIpc) is 2.27. The molecule has 0 aromatic heterocycles. The predicted molar refractivity (Wildman–Crippen MR) is 60.6 cm³/mol. The molecule has 1 rings (SSSR count). The number of carbonyl (C=O) groups is 1. The molecule has 6 heteroatoms. The van der Waals surface area contributed by atoms with Crippen molar-refractivity contribution in [3.05, 3.63) is 18.2 Å². The first-order valence-electron chi connectivity index (χ1n) is 4.10. The highest BCUT2D eigenvalue weighted by atomic mass is 32.1. The van der Waals surface area contributed by atoms with E-state index in [-0.39, 0.29) is 0 Å². The van der Waals surface area contributed by atoms with Crippen molar-refractivity contribution in [2.24, 2.45) is 5.73 Å². The van der Waals surface area contributed by atoms with E-state index >= 15 is 0 Å². The minimum absolute atomic E-state index is 0.488. The lowest BCUT2D eigenvalue weighted by atomic mass is 10.3. The maximum Gasteiger partial charge on any atom is 0.329 e. The molecule has 0 aliphatic heterocycles. The second kappa shape index (κ2) is 4.79. The summed E-state index contributed by atoms with van der Waals surface area (Å²) in [6.45, 7) is 0. The Hall–Kier alpha value is -1.56. The SMILES string of the molecule is COc1cc(OC)cc(N(S)C(N)=O)c1. The van der Waals surface area contributed by atoms with Crippen LogP contribution in [-0.4, -0.2) is 20.3 Å². The second-order valence-electron chi connectivity index (χ2n) is 2.72. The lowest BCUT2D eigenvalue weighted by molar-refractivity contribution is 0.257. The van der Waals surface area contributed by atoms with Crippen molar-refractivity contribution in [3.63, 3.8) is 0 Å². The topological polar surface area (TPSA) is 64.8 Å². The number of hydrogen-bond donors (Lipinski definition) is 2. The van der Waals surface area contributed by atoms with Gasteiger partial charge in [0.2, 0.25) is 0 Å². The number of urea groups is 1. The fourth-order valence-corrected chi connectivity index (χ4v) is 1.16. The highest BCUT2D eigenvalue weighted by molar-refractivity contribution is 7.82. The molecule has 0 unspecified atom stereocenters. The van der Waals surface area contributed by atoms with Gasteiger partial charge in [0.05, 0.1) is 19.9 Å². The molecule has 0 aliphatic carbocycles. The zero-order valence-corrected chi connectivity index (χ0v) is 9.32. The Morgan fingerprint density at radius 3 is 2.07 bits per heavy atom. The van der Waals surface area contributed by atoms with Gasteiger partial charge in [-0.1, -0.05) is 12.8 Å². The van der Waals surface area contributed by atoms with E-state index in [1.165, 1.54) is 14.2 Å². The summed E-state index contributed by atoms with van der Waals surface area (Å²) >= 11 is 3.93. The van der Waals surface area contributed by atoms with E-state index in [1.807, 2.05) is 0 Å². The van der Waals surface area contributed by atoms with Crippen LogP contribution in [0.2, 0.25) is 0 Å². The van der Waals surface area contributed by atoms with Crippen LogP contribution in [0.1, 0.15) is 0 Å². The Morgan fingerprint density at radius 2 is 1.73 bits per heavy atom. The van der Waals surface area contributed by atoms with Crippen molar-refractivity contribution in [2.75, 3.05) is 18.5 Å². The molecular formula is C9H12N2O3S. The van der Waals surface area contributed by atoms with Crippen LogP contribution in [0.15, 0.2) is 18.2 Å². The third kappa shape index (κ3) is 2.69. The van der Waals surface area contributed by atoms with Gasteiger partial charge in [-0.2, -0.15) is 0 Å². The van der Waals surface area contributed by atoms with Crippen LogP contribution < -0.4 is 19.5 Å². The number of rotatable bonds is 3. The van der Waals surface area contributed by atoms with Gasteiger partial charge in [-0.15, -0.1) is 0 Å². The summed E-state index contributed by atoms with van der Waals surface area (Å²) in [4.78, 5) is 10.9. The average molecular weight is 228 g/mol. The van der Waals surface area contributed by atoms with Crippen molar-refractivity contribution in [2.45, 2.75) is 0 Å². The number of ether oxygens (including phenoxy) is 2. The molecule has 0 heterocycles. The number of primary amides is 1. The van der Waals surface area contributed by atoms with E-state index in [0.29, 0.717) is 17.2 Å². The molecule has 2 amide bonds. The molecular weight excluding hydrogens is 216 g/mol. The first-order valence-corrected chi connectivity index (χ1v) is 4.50. The van der Waals surface area contributed by atoms with Gasteiger partial charge in [-0.3, -0.25) is 0 Å². The lowest BCUT2D eigenvalue weighted by Crippen LogP contribution is -2.27. The number of nitrogens with zero attached hydrogens (tertiary/aromatic N) is 1. The van der Waals surface area contributed by atoms with Gasteiger partial charge < -0.3 is 15.2 Å². The summed E-state index contributed by atoms with van der Waals surface area (Å²) in [6.07, 6.45) is 0. The van der Waals surface area contributed by atoms with E-state index in [0.717, 1.165) is 4.31 Å². The van der Waals surface area contributed by atoms with Gasteiger partial charge in [0.25, 0.3) is 0 Å². The van der Waals surface area contributed by atoms with Gasteiger partial charge >= 0.3 is 6.03 Å². The monoisotopic (exact) mass is 228 g/mol. The molecule has 0 spiro atoms. The van der Waals surface area contributed by atoms with E-state index in [1.54, 1.807) is 18.2 Å². The molecule has 0 saturated heterocycles. The Bertz CT molecular complexity index is 348.